The van der Waals surface area contributed by atoms with Crippen molar-refractivity contribution in [1.29, 1.82) is 0 Å². The van der Waals surface area contributed by atoms with Crippen LogP contribution < -0.4 is 0 Å². The number of likely N-dealkylation sites (tertiary alicyclic amines) is 1. The van der Waals surface area contributed by atoms with Gasteiger partial charge in [-0.05, 0) is 19.3 Å². The molecule has 5 nitrogen and oxygen atoms in total. The Bertz CT molecular complexity index is 341. The van der Waals surface area contributed by atoms with Gasteiger partial charge in [0.25, 0.3) is 6.43 Å². The first-order valence-electron chi connectivity index (χ1n) is 6.78. The lowest BCUT2D eigenvalue weighted by Crippen LogP contribution is -2.46. The largest absolute Gasteiger partial charge is 0.481 e. The molecule has 116 valence electrons. The number of carboxylic acid groups (broad SMARTS) is 1. The smallest absolute Gasteiger partial charge is 0.309 e. The van der Waals surface area contributed by atoms with E-state index in [9.17, 15) is 23.5 Å². The average Bonchev–Trinajstić information content (AvgIpc) is 2.43. The molecule has 0 bridgehead atoms. The van der Waals surface area contributed by atoms with Crippen LogP contribution in [0.5, 0.6) is 0 Å². The number of rotatable bonds is 7. The molecule has 0 unspecified atom stereocenters. The van der Waals surface area contributed by atoms with Gasteiger partial charge in [-0.15, -0.1) is 0 Å². The molecule has 1 aliphatic heterocycles. The van der Waals surface area contributed by atoms with E-state index in [2.05, 4.69) is 4.74 Å². The molecule has 0 aromatic carbocycles. The van der Waals surface area contributed by atoms with E-state index >= 15 is 0 Å². The molecule has 20 heavy (non-hydrogen) atoms. The summed E-state index contributed by atoms with van der Waals surface area (Å²) in [7, 11) is 0. The molecule has 0 aliphatic carbocycles. The molecule has 0 aromatic rings. The summed E-state index contributed by atoms with van der Waals surface area (Å²) < 4.78 is 28.3. The number of hydrogen-bond acceptors (Lipinski definition) is 3. The maximum Gasteiger partial charge on any atom is 0.309 e. The van der Waals surface area contributed by atoms with Gasteiger partial charge in [-0.3, -0.25) is 9.59 Å². The lowest BCUT2D eigenvalue weighted by Gasteiger charge is -2.38. The minimum atomic E-state index is -2.53. The Hall–Kier alpha value is -1.24. The van der Waals surface area contributed by atoms with E-state index in [4.69, 9.17) is 0 Å². The van der Waals surface area contributed by atoms with Crippen LogP contribution >= 0.6 is 0 Å². The molecule has 1 fully saturated rings. The molecule has 0 spiro atoms. The Morgan fingerprint density at radius 3 is 2.40 bits per heavy atom. The summed E-state index contributed by atoms with van der Waals surface area (Å²) in [6.07, 6.45) is -1.06. The zero-order valence-corrected chi connectivity index (χ0v) is 11.6. The molecule has 1 amide bonds. The number of nitrogens with zero attached hydrogens (tertiary/aromatic N) is 1. The zero-order chi connectivity index (χ0) is 15.2. The van der Waals surface area contributed by atoms with Crippen LogP contribution in [0.4, 0.5) is 8.78 Å². The van der Waals surface area contributed by atoms with Crippen molar-refractivity contribution in [3.63, 3.8) is 0 Å². The fraction of sp³-hybridized carbons (Fsp3) is 0.846. The SMILES string of the molecule is CCC1(C(=O)O)CCN(C(=O)CCOCC(F)F)CC1. The average molecular weight is 293 g/mol. The summed E-state index contributed by atoms with van der Waals surface area (Å²) in [6, 6.07) is 0. The Balaban J connectivity index is 2.34. The number of piperidine rings is 1. The third-order valence-corrected chi connectivity index (χ3v) is 3.91. The molecule has 0 aromatic heterocycles. The van der Waals surface area contributed by atoms with Gasteiger partial charge < -0.3 is 14.7 Å². The number of carbonyl (C=O) groups excluding carboxylic acids is 1. The normalized spacial score (nSPS) is 18.3. The Morgan fingerprint density at radius 2 is 1.95 bits per heavy atom. The van der Waals surface area contributed by atoms with Crippen molar-refractivity contribution in [2.24, 2.45) is 5.41 Å². The van der Waals surface area contributed by atoms with Gasteiger partial charge in [0.2, 0.25) is 5.91 Å². The van der Waals surface area contributed by atoms with Gasteiger partial charge in [0, 0.05) is 13.1 Å². The first-order valence-corrected chi connectivity index (χ1v) is 6.78. The number of halogens is 2. The molecule has 0 radical (unpaired) electrons. The molecule has 1 saturated heterocycles. The number of amides is 1. The van der Waals surface area contributed by atoms with Crippen LogP contribution in [0.15, 0.2) is 0 Å². The minimum absolute atomic E-state index is 0.0302. The summed E-state index contributed by atoms with van der Waals surface area (Å²) in [4.78, 5) is 24.7. The number of hydrogen-bond donors (Lipinski definition) is 1. The lowest BCUT2D eigenvalue weighted by molar-refractivity contribution is -0.154. The summed E-state index contributed by atoms with van der Waals surface area (Å²) >= 11 is 0. The standard InChI is InChI=1S/C13H21F2NO4/c1-2-13(12(18)19)4-6-16(7-5-13)11(17)3-8-20-9-10(14)15/h10H,2-9H2,1H3,(H,18,19). The molecule has 7 heteroatoms. The van der Waals surface area contributed by atoms with Crippen LogP contribution in [0, 0.1) is 5.41 Å². The molecule has 0 atom stereocenters. The van der Waals surface area contributed by atoms with Crippen LogP contribution in [0.3, 0.4) is 0 Å². The first kappa shape index (κ1) is 16.8. The highest BCUT2D eigenvalue weighted by Gasteiger charge is 2.40. The van der Waals surface area contributed by atoms with E-state index in [0.29, 0.717) is 32.4 Å². The second-order valence-corrected chi connectivity index (χ2v) is 5.04. The van der Waals surface area contributed by atoms with E-state index in [-0.39, 0.29) is 18.9 Å². The summed E-state index contributed by atoms with van der Waals surface area (Å²) in [5.41, 5.74) is -0.733. The van der Waals surface area contributed by atoms with Crippen molar-refractivity contribution in [3.8, 4) is 0 Å². The van der Waals surface area contributed by atoms with Crippen molar-refractivity contribution >= 4 is 11.9 Å². The molecular formula is C13H21F2NO4. The van der Waals surface area contributed by atoms with Crippen molar-refractivity contribution in [3.05, 3.63) is 0 Å². The van der Waals surface area contributed by atoms with Gasteiger partial charge in [0.15, 0.2) is 0 Å². The van der Waals surface area contributed by atoms with Gasteiger partial charge in [-0.1, -0.05) is 6.92 Å². The van der Waals surface area contributed by atoms with Crippen molar-refractivity contribution in [2.75, 3.05) is 26.3 Å². The highest BCUT2D eigenvalue weighted by atomic mass is 19.3. The van der Waals surface area contributed by atoms with Gasteiger partial charge in [-0.25, -0.2) is 8.78 Å². The Morgan fingerprint density at radius 1 is 1.35 bits per heavy atom. The van der Waals surface area contributed by atoms with Crippen LogP contribution in [0.1, 0.15) is 32.6 Å². The van der Waals surface area contributed by atoms with E-state index in [0.717, 1.165) is 0 Å². The quantitative estimate of drug-likeness (QED) is 0.726. The van der Waals surface area contributed by atoms with Gasteiger partial charge in [-0.2, -0.15) is 0 Å². The van der Waals surface area contributed by atoms with E-state index < -0.39 is 24.4 Å². The van der Waals surface area contributed by atoms with Crippen LogP contribution in [-0.2, 0) is 14.3 Å². The topological polar surface area (TPSA) is 66.8 Å². The van der Waals surface area contributed by atoms with Gasteiger partial charge >= 0.3 is 5.97 Å². The Kier molecular flexibility index (Phi) is 6.32. The molecule has 1 N–H and O–H groups in total. The summed E-state index contributed by atoms with van der Waals surface area (Å²) in [5, 5.41) is 9.24. The zero-order valence-electron chi connectivity index (χ0n) is 11.6. The van der Waals surface area contributed by atoms with Crippen LogP contribution in [-0.4, -0.2) is 54.6 Å². The molecule has 1 rings (SSSR count). The van der Waals surface area contributed by atoms with E-state index in [1.54, 1.807) is 4.90 Å². The van der Waals surface area contributed by atoms with E-state index in [1.807, 2.05) is 6.92 Å². The predicted molar refractivity (Wildman–Crippen MR) is 67.6 cm³/mol. The highest BCUT2D eigenvalue weighted by molar-refractivity contribution is 5.78. The predicted octanol–water partition coefficient (Wildman–Crippen LogP) is 1.76. The maximum absolute atomic E-state index is 11.8. The number of aliphatic carboxylic acids is 1. The monoisotopic (exact) mass is 293 g/mol. The third-order valence-electron chi connectivity index (χ3n) is 3.91. The van der Waals surface area contributed by atoms with Crippen LogP contribution in [0.25, 0.3) is 0 Å². The van der Waals surface area contributed by atoms with Gasteiger partial charge in [0.05, 0.1) is 18.4 Å². The number of carbonyl (C=O) groups is 2. The number of alkyl halides is 2. The van der Waals surface area contributed by atoms with Crippen molar-refractivity contribution in [2.45, 2.75) is 39.0 Å². The fourth-order valence-electron chi connectivity index (χ4n) is 2.39. The second kappa shape index (κ2) is 7.52. The van der Waals surface area contributed by atoms with Crippen molar-refractivity contribution in [1.82, 2.24) is 4.90 Å². The lowest BCUT2D eigenvalue weighted by atomic mass is 9.76. The Labute approximate surface area is 116 Å². The fourth-order valence-corrected chi connectivity index (χ4v) is 2.39. The minimum Gasteiger partial charge on any atom is -0.481 e. The van der Waals surface area contributed by atoms with E-state index in [1.165, 1.54) is 0 Å². The molecule has 1 heterocycles. The summed E-state index contributed by atoms with van der Waals surface area (Å²) in [5.74, 6) is -0.985. The van der Waals surface area contributed by atoms with Crippen LogP contribution in [0.2, 0.25) is 0 Å². The first-order chi connectivity index (χ1) is 9.41. The third kappa shape index (κ3) is 4.40. The second-order valence-electron chi connectivity index (χ2n) is 5.04. The highest BCUT2D eigenvalue weighted by Crippen LogP contribution is 2.35. The maximum atomic E-state index is 11.8. The summed E-state index contributed by atoms with van der Waals surface area (Å²) in [6.45, 7) is 1.94. The number of carboxylic acids is 1. The molecule has 0 saturated carbocycles. The van der Waals surface area contributed by atoms with Crippen molar-refractivity contribution < 1.29 is 28.2 Å². The molecule has 1 aliphatic rings. The number of ether oxygens (including phenoxy) is 1. The molecular weight excluding hydrogens is 272 g/mol. The van der Waals surface area contributed by atoms with Gasteiger partial charge in [0.1, 0.15) is 6.61 Å².